The van der Waals surface area contributed by atoms with Gasteiger partial charge in [-0.25, -0.2) is 4.98 Å². The van der Waals surface area contributed by atoms with Crippen LogP contribution in [-0.2, 0) is 0 Å². The molecule has 1 aliphatic rings. The lowest BCUT2D eigenvalue weighted by molar-refractivity contribution is 0.0901. The van der Waals surface area contributed by atoms with Crippen molar-refractivity contribution in [2.45, 2.75) is 18.9 Å². The van der Waals surface area contributed by atoms with Gasteiger partial charge in [-0.3, -0.25) is 9.69 Å². The van der Waals surface area contributed by atoms with Crippen molar-refractivity contribution in [3.8, 4) is 0 Å². The third kappa shape index (κ3) is 2.87. The molecule has 0 spiro atoms. The van der Waals surface area contributed by atoms with Gasteiger partial charge >= 0.3 is 0 Å². The smallest absolute Gasteiger partial charge is 0.205 e. The van der Waals surface area contributed by atoms with E-state index < -0.39 is 0 Å². The van der Waals surface area contributed by atoms with E-state index in [-0.39, 0.29) is 5.78 Å². The van der Waals surface area contributed by atoms with Crippen LogP contribution in [0.15, 0.2) is 11.6 Å². The Morgan fingerprint density at radius 1 is 1.75 bits per heavy atom. The monoisotopic (exact) mass is 239 g/mol. The summed E-state index contributed by atoms with van der Waals surface area (Å²) in [5.74, 6) is 0.145. The van der Waals surface area contributed by atoms with Crippen LogP contribution in [0.4, 0.5) is 0 Å². The highest BCUT2D eigenvalue weighted by Gasteiger charge is 2.21. The van der Waals surface area contributed by atoms with Crippen LogP contribution in [0.3, 0.4) is 0 Å². The summed E-state index contributed by atoms with van der Waals surface area (Å²) in [6.07, 6.45) is 4.06. The van der Waals surface area contributed by atoms with E-state index in [0.717, 1.165) is 19.5 Å². The van der Waals surface area contributed by atoms with Gasteiger partial charge in [-0.15, -0.1) is 11.3 Å². The van der Waals surface area contributed by atoms with Crippen LogP contribution in [0.1, 0.15) is 22.6 Å². The van der Waals surface area contributed by atoms with Crippen LogP contribution >= 0.6 is 11.3 Å². The molecule has 5 heteroatoms. The van der Waals surface area contributed by atoms with Crippen LogP contribution in [0.5, 0.6) is 0 Å². The molecule has 0 radical (unpaired) electrons. The summed E-state index contributed by atoms with van der Waals surface area (Å²) in [7, 11) is 1.98. The van der Waals surface area contributed by atoms with Gasteiger partial charge in [-0.1, -0.05) is 0 Å². The van der Waals surface area contributed by atoms with Gasteiger partial charge in [0.05, 0.1) is 6.54 Å². The summed E-state index contributed by atoms with van der Waals surface area (Å²) in [5.41, 5.74) is 0. The molecule has 0 aliphatic carbocycles. The number of Topliss-reactive ketones (excluding diaryl/α,β-unsaturated/α-hetero) is 1. The van der Waals surface area contributed by atoms with Crippen LogP contribution in [0, 0.1) is 0 Å². The lowest BCUT2D eigenvalue weighted by atomic mass is 10.1. The number of rotatable bonds is 4. The fourth-order valence-corrected chi connectivity index (χ4v) is 2.63. The lowest BCUT2D eigenvalue weighted by Crippen LogP contribution is -2.46. The van der Waals surface area contributed by atoms with E-state index in [1.54, 1.807) is 6.20 Å². The molecule has 88 valence electrons. The predicted molar refractivity (Wildman–Crippen MR) is 65.0 cm³/mol. The Labute approximate surface area is 99.7 Å². The van der Waals surface area contributed by atoms with Gasteiger partial charge in [0.25, 0.3) is 0 Å². The van der Waals surface area contributed by atoms with Gasteiger partial charge < -0.3 is 5.32 Å². The van der Waals surface area contributed by atoms with Gasteiger partial charge in [0.15, 0.2) is 5.01 Å². The molecule has 2 heterocycles. The number of carbonyl (C=O) groups is 1. The number of hydrogen-bond donors (Lipinski definition) is 1. The molecule has 0 saturated carbocycles. The molecule has 1 fully saturated rings. The van der Waals surface area contributed by atoms with E-state index >= 15 is 0 Å². The third-order valence-electron chi connectivity index (χ3n) is 2.95. The molecule has 0 amide bonds. The van der Waals surface area contributed by atoms with E-state index in [0.29, 0.717) is 17.6 Å². The SMILES string of the molecule is CN[C@@H]1CCCN(CC(=O)c2nccs2)C1. The first kappa shape index (κ1) is 11.7. The molecule has 0 aromatic carbocycles. The molecule has 4 nitrogen and oxygen atoms in total. The largest absolute Gasteiger partial charge is 0.316 e. The van der Waals surface area contributed by atoms with Crippen molar-refractivity contribution >= 4 is 17.1 Å². The van der Waals surface area contributed by atoms with Crippen LogP contribution in [0.2, 0.25) is 0 Å². The van der Waals surface area contributed by atoms with E-state index in [2.05, 4.69) is 15.2 Å². The van der Waals surface area contributed by atoms with Crippen molar-refractivity contribution in [1.82, 2.24) is 15.2 Å². The molecule has 2 rings (SSSR count). The fraction of sp³-hybridized carbons (Fsp3) is 0.636. The number of nitrogens with one attached hydrogen (secondary N) is 1. The van der Waals surface area contributed by atoms with Gasteiger partial charge in [-0.05, 0) is 26.4 Å². The second kappa shape index (κ2) is 5.52. The number of nitrogens with zero attached hydrogens (tertiary/aromatic N) is 2. The average molecular weight is 239 g/mol. The third-order valence-corrected chi connectivity index (χ3v) is 3.77. The van der Waals surface area contributed by atoms with Crippen molar-refractivity contribution in [3.63, 3.8) is 0 Å². The minimum Gasteiger partial charge on any atom is -0.316 e. The van der Waals surface area contributed by atoms with Gasteiger partial charge in [0.2, 0.25) is 5.78 Å². The van der Waals surface area contributed by atoms with Crippen LogP contribution < -0.4 is 5.32 Å². The molecule has 0 unspecified atom stereocenters. The highest BCUT2D eigenvalue weighted by molar-refractivity contribution is 7.11. The molecule has 1 aromatic rings. The number of likely N-dealkylation sites (N-methyl/N-ethyl adjacent to an activating group) is 1. The number of hydrogen-bond acceptors (Lipinski definition) is 5. The zero-order chi connectivity index (χ0) is 11.4. The van der Waals surface area contributed by atoms with Crippen molar-refractivity contribution in [1.29, 1.82) is 0 Å². The number of piperidine rings is 1. The average Bonchev–Trinajstić information content (AvgIpc) is 2.83. The van der Waals surface area contributed by atoms with Gasteiger partial charge in [-0.2, -0.15) is 0 Å². The summed E-state index contributed by atoms with van der Waals surface area (Å²) < 4.78 is 0. The fourth-order valence-electron chi connectivity index (χ4n) is 2.07. The number of ketones is 1. The summed E-state index contributed by atoms with van der Waals surface area (Å²) >= 11 is 1.42. The number of carbonyl (C=O) groups excluding carboxylic acids is 1. The molecule has 1 atom stereocenters. The molecule has 1 aliphatic heterocycles. The molecule has 1 aromatic heterocycles. The Bertz CT molecular complexity index is 339. The molecule has 0 bridgehead atoms. The minimum absolute atomic E-state index is 0.145. The Hall–Kier alpha value is -0.780. The minimum atomic E-state index is 0.145. The quantitative estimate of drug-likeness (QED) is 0.797. The molecule has 1 saturated heterocycles. The second-order valence-corrected chi connectivity index (χ2v) is 5.02. The Kier molecular flexibility index (Phi) is 4.04. The second-order valence-electron chi connectivity index (χ2n) is 4.12. The molecular formula is C11H17N3OS. The van der Waals surface area contributed by atoms with E-state index in [4.69, 9.17) is 0 Å². The van der Waals surface area contributed by atoms with E-state index in [1.165, 1.54) is 17.8 Å². The first-order valence-corrected chi connectivity index (χ1v) is 6.50. The van der Waals surface area contributed by atoms with Crippen molar-refractivity contribution in [3.05, 3.63) is 16.6 Å². The lowest BCUT2D eigenvalue weighted by Gasteiger charge is -2.31. The predicted octanol–water partition coefficient (Wildman–Crippen LogP) is 1.01. The van der Waals surface area contributed by atoms with Gasteiger partial charge in [0, 0.05) is 24.2 Å². The van der Waals surface area contributed by atoms with Gasteiger partial charge in [0.1, 0.15) is 0 Å². The first-order valence-electron chi connectivity index (χ1n) is 5.62. The number of likely N-dealkylation sites (tertiary alicyclic amines) is 1. The maximum absolute atomic E-state index is 11.9. The van der Waals surface area contributed by atoms with Crippen molar-refractivity contribution < 1.29 is 4.79 Å². The van der Waals surface area contributed by atoms with E-state index in [9.17, 15) is 4.79 Å². The molecular weight excluding hydrogens is 222 g/mol. The Balaban J connectivity index is 1.87. The summed E-state index contributed by atoms with van der Waals surface area (Å²) in [6.45, 7) is 2.49. The van der Waals surface area contributed by atoms with E-state index in [1.807, 2.05) is 12.4 Å². The maximum Gasteiger partial charge on any atom is 0.205 e. The summed E-state index contributed by atoms with van der Waals surface area (Å²) in [6, 6.07) is 0.526. The summed E-state index contributed by atoms with van der Waals surface area (Å²) in [4.78, 5) is 18.1. The summed E-state index contributed by atoms with van der Waals surface area (Å²) in [5, 5.41) is 5.75. The molecule has 1 N–H and O–H groups in total. The Morgan fingerprint density at radius 3 is 3.31 bits per heavy atom. The number of aromatic nitrogens is 1. The zero-order valence-electron chi connectivity index (χ0n) is 9.48. The zero-order valence-corrected chi connectivity index (χ0v) is 10.3. The topological polar surface area (TPSA) is 45.2 Å². The van der Waals surface area contributed by atoms with Crippen LogP contribution in [-0.4, -0.2) is 48.4 Å². The maximum atomic E-state index is 11.9. The highest BCUT2D eigenvalue weighted by atomic mass is 32.1. The first-order chi connectivity index (χ1) is 7.79. The highest BCUT2D eigenvalue weighted by Crippen LogP contribution is 2.12. The standard InChI is InChI=1S/C11H17N3OS/c1-12-9-3-2-5-14(7-9)8-10(15)11-13-4-6-16-11/h4,6,9,12H,2-3,5,7-8H2,1H3/t9-/m1/s1. The van der Waals surface area contributed by atoms with Crippen molar-refractivity contribution in [2.75, 3.05) is 26.7 Å². The normalized spacial score (nSPS) is 22.2. The van der Waals surface area contributed by atoms with Crippen LogP contribution in [0.25, 0.3) is 0 Å². The number of thiazole rings is 1. The molecule has 16 heavy (non-hydrogen) atoms. The Morgan fingerprint density at radius 2 is 2.62 bits per heavy atom. The van der Waals surface area contributed by atoms with Crippen molar-refractivity contribution in [2.24, 2.45) is 0 Å².